The van der Waals surface area contributed by atoms with E-state index >= 15 is 0 Å². The van der Waals surface area contributed by atoms with Gasteiger partial charge in [0.25, 0.3) is 0 Å². The van der Waals surface area contributed by atoms with E-state index in [0.717, 1.165) is 26.1 Å². The molecule has 0 heterocycles. The van der Waals surface area contributed by atoms with Crippen molar-refractivity contribution in [3.05, 3.63) is 0 Å². The zero-order chi connectivity index (χ0) is 10.3. The lowest BCUT2D eigenvalue weighted by atomic mass is 10.3. The Morgan fingerprint density at radius 1 is 1.15 bits per heavy atom. The molecule has 0 atom stereocenters. The lowest BCUT2D eigenvalue weighted by molar-refractivity contribution is 0.299. The quantitative estimate of drug-likeness (QED) is 0.616. The van der Waals surface area contributed by atoms with Crippen molar-refractivity contribution in [2.24, 2.45) is 5.14 Å². The third kappa shape index (κ3) is 8.21. The maximum atomic E-state index is 10.6. The van der Waals surface area contributed by atoms with Crippen LogP contribution >= 0.6 is 0 Å². The van der Waals surface area contributed by atoms with E-state index in [9.17, 15) is 8.42 Å². The minimum atomic E-state index is -3.25. The van der Waals surface area contributed by atoms with Crippen LogP contribution in [0.1, 0.15) is 26.7 Å². The Hall–Kier alpha value is -0.130. The first-order valence-corrected chi connectivity index (χ1v) is 6.44. The largest absolute Gasteiger partial charge is 0.304 e. The summed E-state index contributed by atoms with van der Waals surface area (Å²) >= 11 is 0. The number of nitrogens with two attached hydrogens (primary N) is 1. The number of rotatable bonds is 7. The van der Waals surface area contributed by atoms with Crippen LogP contribution in [0.15, 0.2) is 0 Å². The molecule has 0 radical (unpaired) electrons. The van der Waals surface area contributed by atoms with Crippen molar-refractivity contribution in [2.75, 3.05) is 25.4 Å². The van der Waals surface area contributed by atoms with E-state index in [2.05, 4.69) is 18.7 Å². The van der Waals surface area contributed by atoms with Crippen molar-refractivity contribution in [3.8, 4) is 0 Å². The molecule has 0 spiro atoms. The van der Waals surface area contributed by atoms with Crippen LogP contribution in [-0.4, -0.2) is 38.7 Å². The van der Waals surface area contributed by atoms with Crippen LogP contribution in [0.2, 0.25) is 0 Å². The number of sulfonamides is 1. The molecule has 13 heavy (non-hydrogen) atoms. The van der Waals surface area contributed by atoms with Crippen LogP contribution < -0.4 is 5.14 Å². The molecule has 0 unspecified atom stereocenters. The van der Waals surface area contributed by atoms with Crippen molar-refractivity contribution >= 4 is 10.0 Å². The molecule has 0 saturated heterocycles. The minimum absolute atomic E-state index is 0.105. The highest BCUT2D eigenvalue weighted by molar-refractivity contribution is 7.89. The molecule has 0 bridgehead atoms. The lowest BCUT2D eigenvalue weighted by Gasteiger charge is -2.17. The van der Waals surface area contributed by atoms with Crippen molar-refractivity contribution in [1.29, 1.82) is 0 Å². The number of nitrogens with zero attached hydrogens (tertiary/aromatic N) is 1. The molecule has 0 aliphatic rings. The van der Waals surface area contributed by atoms with Gasteiger partial charge in [0.2, 0.25) is 10.0 Å². The van der Waals surface area contributed by atoms with Crippen molar-refractivity contribution in [2.45, 2.75) is 26.7 Å². The molecule has 80 valence electrons. The van der Waals surface area contributed by atoms with Gasteiger partial charge in [-0.1, -0.05) is 13.8 Å². The second-order valence-corrected chi connectivity index (χ2v) is 4.83. The Morgan fingerprint density at radius 2 is 1.69 bits per heavy atom. The summed E-state index contributed by atoms with van der Waals surface area (Å²) in [4.78, 5) is 2.27. The first-order valence-electron chi connectivity index (χ1n) is 4.72. The van der Waals surface area contributed by atoms with Gasteiger partial charge in [-0.15, -0.1) is 0 Å². The van der Waals surface area contributed by atoms with Crippen molar-refractivity contribution in [1.82, 2.24) is 4.90 Å². The summed E-state index contributed by atoms with van der Waals surface area (Å²) in [5, 5.41) is 4.88. The SMILES string of the molecule is CCN(CC)CCCCS(N)(=O)=O. The monoisotopic (exact) mass is 208 g/mol. The summed E-state index contributed by atoms with van der Waals surface area (Å²) in [5.41, 5.74) is 0. The van der Waals surface area contributed by atoms with Crippen LogP contribution in [0.4, 0.5) is 0 Å². The zero-order valence-electron chi connectivity index (χ0n) is 8.49. The van der Waals surface area contributed by atoms with Gasteiger partial charge in [-0.05, 0) is 32.5 Å². The summed E-state index contributed by atoms with van der Waals surface area (Å²) in [6.45, 7) is 7.20. The fraction of sp³-hybridized carbons (Fsp3) is 1.00. The van der Waals surface area contributed by atoms with Crippen LogP contribution in [0.5, 0.6) is 0 Å². The highest BCUT2D eigenvalue weighted by atomic mass is 32.2. The molecule has 0 aliphatic heterocycles. The molecule has 0 aromatic heterocycles. The van der Waals surface area contributed by atoms with E-state index in [1.807, 2.05) is 0 Å². The van der Waals surface area contributed by atoms with Gasteiger partial charge in [0, 0.05) is 0 Å². The molecular weight excluding hydrogens is 188 g/mol. The molecule has 4 nitrogen and oxygen atoms in total. The molecule has 0 aromatic rings. The van der Waals surface area contributed by atoms with Crippen molar-refractivity contribution in [3.63, 3.8) is 0 Å². The summed E-state index contributed by atoms with van der Waals surface area (Å²) in [6, 6.07) is 0. The first-order chi connectivity index (χ1) is 5.99. The van der Waals surface area contributed by atoms with Gasteiger partial charge in [0.1, 0.15) is 0 Å². The van der Waals surface area contributed by atoms with E-state index in [-0.39, 0.29) is 5.75 Å². The van der Waals surface area contributed by atoms with Crippen molar-refractivity contribution < 1.29 is 8.42 Å². The summed E-state index contributed by atoms with van der Waals surface area (Å²) in [6.07, 6.45) is 1.56. The minimum Gasteiger partial charge on any atom is -0.304 e. The van der Waals surface area contributed by atoms with Crippen LogP contribution in [0.3, 0.4) is 0 Å². The summed E-state index contributed by atoms with van der Waals surface area (Å²) in [5.74, 6) is 0.105. The predicted octanol–water partition coefficient (Wildman–Crippen LogP) is 0.397. The number of primary sulfonamides is 1. The third-order valence-electron chi connectivity index (χ3n) is 2.05. The standard InChI is InChI=1S/C8H20N2O2S/c1-3-10(4-2)7-5-6-8-13(9,11)12/h3-8H2,1-2H3,(H2,9,11,12). The Balaban J connectivity index is 3.45. The zero-order valence-corrected chi connectivity index (χ0v) is 9.31. The molecule has 0 fully saturated rings. The maximum Gasteiger partial charge on any atom is 0.209 e. The number of hydrogen-bond donors (Lipinski definition) is 1. The van der Waals surface area contributed by atoms with Gasteiger partial charge < -0.3 is 4.90 Å². The van der Waals surface area contributed by atoms with Crippen LogP contribution in [0, 0.1) is 0 Å². The molecule has 0 saturated carbocycles. The molecule has 0 aliphatic carbocycles. The van der Waals surface area contributed by atoms with E-state index < -0.39 is 10.0 Å². The molecule has 0 aromatic carbocycles. The van der Waals surface area contributed by atoms with Gasteiger partial charge in [-0.3, -0.25) is 0 Å². The fourth-order valence-electron chi connectivity index (χ4n) is 1.18. The highest BCUT2D eigenvalue weighted by Gasteiger charge is 2.03. The fourth-order valence-corrected chi connectivity index (χ4v) is 1.78. The topological polar surface area (TPSA) is 63.4 Å². The van der Waals surface area contributed by atoms with Gasteiger partial charge in [-0.2, -0.15) is 0 Å². The van der Waals surface area contributed by atoms with Gasteiger partial charge in [0.15, 0.2) is 0 Å². The second-order valence-electron chi connectivity index (χ2n) is 3.10. The smallest absolute Gasteiger partial charge is 0.209 e. The van der Waals surface area contributed by atoms with E-state index in [1.54, 1.807) is 0 Å². The summed E-state index contributed by atoms with van der Waals surface area (Å²) in [7, 11) is -3.25. The highest BCUT2D eigenvalue weighted by Crippen LogP contribution is 1.96. The molecule has 0 amide bonds. The van der Waals surface area contributed by atoms with E-state index in [1.165, 1.54) is 0 Å². The Bertz CT molecular complexity index is 210. The van der Waals surface area contributed by atoms with Crippen LogP contribution in [0.25, 0.3) is 0 Å². The van der Waals surface area contributed by atoms with Gasteiger partial charge in [-0.25, -0.2) is 13.6 Å². The normalized spacial score (nSPS) is 12.3. The predicted molar refractivity (Wildman–Crippen MR) is 55.0 cm³/mol. The van der Waals surface area contributed by atoms with Crippen LogP contribution in [-0.2, 0) is 10.0 Å². The van der Waals surface area contributed by atoms with E-state index in [4.69, 9.17) is 5.14 Å². The van der Waals surface area contributed by atoms with Gasteiger partial charge >= 0.3 is 0 Å². The first kappa shape index (κ1) is 12.9. The Labute approximate surface area is 81.2 Å². The average Bonchev–Trinajstić information content (AvgIpc) is 2.03. The molecule has 2 N–H and O–H groups in total. The Kier molecular flexibility index (Phi) is 6.28. The Morgan fingerprint density at radius 3 is 2.08 bits per heavy atom. The molecule has 0 rings (SSSR count). The second kappa shape index (κ2) is 6.34. The molecular formula is C8H20N2O2S. The number of unbranched alkanes of at least 4 members (excludes halogenated alkanes) is 1. The van der Waals surface area contributed by atoms with E-state index in [0.29, 0.717) is 6.42 Å². The average molecular weight is 208 g/mol. The summed E-state index contributed by atoms with van der Waals surface area (Å²) < 4.78 is 21.2. The lowest BCUT2D eigenvalue weighted by Crippen LogP contribution is -2.25. The molecule has 5 heteroatoms. The van der Waals surface area contributed by atoms with Gasteiger partial charge in [0.05, 0.1) is 5.75 Å². The third-order valence-corrected chi connectivity index (χ3v) is 2.91. The number of hydrogen-bond acceptors (Lipinski definition) is 3. The maximum absolute atomic E-state index is 10.6.